The lowest BCUT2D eigenvalue weighted by Crippen LogP contribution is -2.18. The van der Waals surface area contributed by atoms with E-state index in [1.807, 2.05) is 0 Å². The van der Waals surface area contributed by atoms with E-state index in [1.165, 1.54) is 24.4 Å². The zero-order valence-corrected chi connectivity index (χ0v) is 9.20. The summed E-state index contributed by atoms with van der Waals surface area (Å²) in [5.74, 6) is 1.26. The summed E-state index contributed by atoms with van der Waals surface area (Å²) in [6.45, 7) is 2.29. The number of aliphatic hydroxyl groups is 1. The Hall–Kier alpha value is -0.480. The molecular formula is C10H16N2OS. The standard InChI is InChI=1S/C10H16N2OS/c1-7-2-4-8(5-3-7)10(13)9-6-11-12-14-9/h6-8,10,13H,2-5H2,1H3. The van der Waals surface area contributed by atoms with Gasteiger partial charge in [-0.25, -0.2) is 0 Å². The minimum atomic E-state index is -0.331. The predicted molar refractivity (Wildman–Crippen MR) is 56.0 cm³/mol. The molecule has 1 aliphatic rings. The highest BCUT2D eigenvalue weighted by molar-refractivity contribution is 7.05. The molecule has 0 aromatic carbocycles. The van der Waals surface area contributed by atoms with Gasteiger partial charge in [0, 0.05) is 0 Å². The van der Waals surface area contributed by atoms with E-state index in [0.29, 0.717) is 5.92 Å². The van der Waals surface area contributed by atoms with Crippen LogP contribution < -0.4 is 0 Å². The van der Waals surface area contributed by atoms with E-state index >= 15 is 0 Å². The minimum absolute atomic E-state index is 0.331. The molecule has 1 saturated carbocycles. The molecular weight excluding hydrogens is 196 g/mol. The van der Waals surface area contributed by atoms with Gasteiger partial charge in [-0.05, 0) is 36.2 Å². The molecule has 2 rings (SSSR count). The fourth-order valence-corrected chi connectivity index (χ4v) is 2.72. The molecule has 0 bridgehead atoms. The van der Waals surface area contributed by atoms with Crippen molar-refractivity contribution in [2.45, 2.75) is 38.7 Å². The summed E-state index contributed by atoms with van der Waals surface area (Å²) >= 11 is 1.31. The summed E-state index contributed by atoms with van der Waals surface area (Å²) in [6.07, 6.45) is 6.12. The van der Waals surface area contributed by atoms with Crippen LogP contribution in [0.3, 0.4) is 0 Å². The fourth-order valence-electron chi connectivity index (χ4n) is 2.14. The zero-order chi connectivity index (χ0) is 9.97. The number of rotatable bonds is 2. The van der Waals surface area contributed by atoms with Crippen molar-refractivity contribution >= 4 is 11.5 Å². The Morgan fingerprint density at radius 1 is 1.43 bits per heavy atom. The summed E-state index contributed by atoms with van der Waals surface area (Å²) < 4.78 is 3.78. The van der Waals surface area contributed by atoms with Gasteiger partial charge in [-0.2, -0.15) is 0 Å². The Kier molecular flexibility index (Phi) is 3.13. The highest BCUT2D eigenvalue weighted by Crippen LogP contribution is 2.37. The maximum Gasteiger partial charge on any atom is 0.0942 e. The Balaban J connectivity index is 1.95. The molecule has 14 heavy (non-hydrogen) atoms. The van der Waals surface area contributed by atoms with Crippen LogP contribution in [0.4, 0.5) is 0 Å². The summed E-state index contributed by atoms with van der Waals surface area (Å²) in [5, 5.41) is 13.8. The molecule has 4 heteroatoms. The lowest BCUT2D eigenvalue weighted by Gasteiger charge is -2.28. The van der Waals surface area contributed by atoms with Gasteiger partial charge < -0.3 is 5.11 Å². The molecule has 0 saturated heterocycles. The second-order valence-corrected chi connectivity index (χ2v) is 5.10. The van der Waals surface area contributed by atoms with Crippen LogP contribution in [-0.4, -0.2) is 14.7 Å². The first-order chi connectivity index (χ1) is 6.77. The number of nitrogens with zero attached hydrogens (tertiary/aromatic N) is 2. The SMILES string of the molecule is CC1CCC(C(O)c2cnns2)CC1. The van der Waals surface area contributed by atoms with Gasteiger partial charge >= 0.3 is 0 Å². The molecule has 0 spiro atoms. The van der Waals surface area contributed by atoms with E-state index < -0.39 is 0 Å². The van der Waals surface area contributed by atoms with Gasteiger partial charge in [-0.1, -0.05) is 24.3 Å². The van der Waals surface area contributed by atoms with Gasteiger partial charge in [0.25, 0.3) is 0 Å². The summed E-state index contributed by atoms with van der Waals surface area (Å²) in [5.41, 5.74) is 0. The van der Waals surface area contributed by atoms with E-state index in [0.717, 1.165) is 23.6 Å². The first kappa shape index (κ1) is 10.1. The topological polar surface area (TPSA) is 46.0 Å². The number of aromatic nitrogens is 2. The Bertz CT molecular complexity index is 268. The molecule has 0 amide bonds. The molecule has 78 valence electrons. The van der Waals surface area contributed by atoms with Gasteiger partial charge in [0.2, 0.25) is 0 Å². The van der Waals surface area contributed by atoms with Crippen molar-refractivity contribution in [3.8, 4) is 0 Å². The van der Waals surface area contributed by atoms with Crippen molar-refractivity contribution in [3.05, 3.63) is 11.1 Å². The Morgan fingerprint density at radius 2 is 2.14 bits per heavy atom. The van der Waals surface area contributed by atoms with Crippen molar-refractivity contribution in [1.82, 2.24) is 9.59 Å². The van der Waals surface area contributed by atoms with E-state index in [-0.39, 0.29) is 6.10 Å². The number of aliphatic hydroxyl groups excluding tert-OH is 1. The minimum Gasteiger partial charge on any atom is -0.387 e. The quantitative estimate of drug-likeness (QED) is 0.818. The largest absolute Gasteiger partial charge is 0.387 e. The lowest BCUT2D eigenvalue weighted by molar-refractivity contribution is 0.0782. The van der Waals surface area contributed by atoms with Crippen LogP contribution >= 0.6 is 11.5 Å². The molecule has 1 atom stereocenters. The molecule has 1 unspecified atom stereocenters. The molecule has 0 aliphatic heterocycles. The first-order valence-corrected chi connectivity index (χ1v) is 6.00. The van der Waals surface area contributed by atoms with Gasteiger partial charge in [-0.15, -0.1) is 5.10 Å². The normalized spacial score (nSPS) is 30.1. The maximum atomic E-state index is 10.1. The van der Waals surface area contributed by atoms with Crippen LogP contribution in [0.15, 0.2) is 6.20 Å². The van der Waals surface area contributed by atoms with E-state index in [1.54, 1.807) is 6.20 Å². The highest BCUT2D eigenvalue weighted by Gasteiger charge is 2.26. The summed E-state index contributed by atoms with van der Waals surface area (Å²) in [7, 11) is 0. The molecule has 1 N–H and O–H groups in total. The van der Waals surface area contributed by atoms with E-state index in [2.05, 4.69) is 16.5 Å². The molecule has 0 radical (unpaired) electrons. The average molecular weight is 212 g/mol. The summed E-state index contributed by atoms with van der Waals surface area (Å²) in [4.78, 5) is 0.921. The van der Waals surface area contributed by atoms with Gasteiger partial charge in [0.05, 0.1) is 17.2 Å². The fraction of sp³-hybridized carbons (Fsp3) is 0.800. The molecule has 3 nitrogen and oxygen atoms in total. The number of hydrogen-bond donors (Lipinski definition) is 1. The van der Waals surface area contributed by atoms with Gasteiger partial charge in [0.15, 0.2) is 0 Å². The van der Waals surface area contributed by atoms with Crippen LogP contribution in [0.2, 0.25) is 0 Å². The third kappa shape index (κ3) is 2.12. The van der Waals surface area contributed by atoms with Gasteiger partial charge in [-0.3, -0.25) is 0 Å². The predicted octanol–water partition coefficient (Wildman–Crippen LogP) is 2.40. The molecule has 1 fully saturated rings. The monoisotopic (exact) mass is 212 g/mol. The van der Waals surface area contributed by atoms with Crippen LogP contribution in [-0.2, 0) is 0 Å². The van der Waals surface area contributed by atoms with Gasteiger partial charge in [0.1, 0.15) is 0 Å². The summed E-state index contributed by atoms with van der Waals surface area (Å²) in [6, 6.07) is 0. The van der Waals surface area contributed by atoms with Crippen molar-refractivity contribution < 1.29 is 5.11 Å². The third-order valence-corrected chi connectivity index (χ3v) is 3.91. The molecule has 1 aromatic heterocycles. The molecule has 1 aromatic rings. The third-order valence-electron chi connectivity index (χ3n) is 3.18. The van der Waals surface area contributed by atoms with E-state index in [4.69, 9.17) is 0 Å². The van der Waals surface area contributed by atoms with Crippen LogP contribution in [0.1, 0.15) is 43.6 Å². The van der Waals surface area contributed by atoms with Crippen molar-refractivity contribution in [3.63, 3.8) is 0 Å². The molecule has 1 heterocycles. The van der Waals surface area contributed by atoms with Crippen molar-refractivity contribution in [2.24, 2.45) is 11.8 Å². The lowest BCUT2D eigenvalue weighted by atomic mass is 9.80. The Morgan fingerprint density at radius 3 is 2.71 bits per heavy atom. The number of hydrogen-bond acceptors (Lipinski definition) is 4. The van der Waals surface area contributed by atoms with Crippen LogP contribution in [0.25, 0.3) is 0 Å². The maximum absolute atomic E-state index is 10.1. The zero-order valence-electron chi connectivity index (χ0n) is 8.39. The Labute approximate surface area is 88.3 Å². The van der Waals surface area contributed by atoms with Crippen LogP contribution in [0.5, 0.6) is 0 Å². The first-order valence-electron chi connectivity index (χ1n) is 5.22. The average Bonchev–Trinajstić information content (AvgIpc) is 2.71. The molecule has 1 aliphatic carbocycles. The van der Waals surface area contributed by atoms with Crippen molar-refractivity contribution in [2.75, 3.05) is 0 Å². The smallest absolute Gasteiger partial charge is 0.0942 e. The second kappa shape index (κ2) is 4.36. The highest BCUT2D eigenvalue weighted by atomic mass is 32.1. The second-order valence-electron chi connectivity index (χ2n) is 4.28. The van der Waals surface area contributed by atoms with Crippen LogP contribution in [0, 0.1) is 11.8 Å². The van der Waals surface area contributed by atoms with E-state index in [9.17, 15) is 5.11 Å². The van der Waals surface area contributed by atoms with Crippen molar-refractivity contribution in [1.29, 1.82) is 0 Å².